The minimum atomic E-state index is 0.0541. The Balaban J connectivity index is 1.68. The maximum absolute atomic E-state index is 6.76. The lowest BCUT2D eigenvalue weighted by Gasteiger charge is -2.32. The Kier molecular flexibility index (Phi) is 3.56. The van der Waals surface area contributed by atoms with E-state index in [1.807, 2.05) is 0 Å². The third-order valence-electron chi connectivity index (χ3n) is 6.30. The zero-order valence-corrected chi connectivity index (χ0v) is 15.7. The highest BCUT2D eigenvalue weighted by molar-refractivity contribution is 5.85. The molecule has 0 atom stereocenters. The fourth-order valence-corrected chi connectivity index (χ4v) is 4.91. The Morgan fingerprint density at radius 3 is 2.54 bits per heavy atom. The van der Waals surface area contributed by atoms with Crippen molar-refractivity contribution in [2.45, 2.75) is 51.0 Å². The van der Waals surface area contributed by atoms with Crippen LogP contribution in [0.3, 0.4) is 0 Å². The van der Waals surface area contributed by atoms with Crippen LogP contribution in [0.1, 0.15) is 43.2 Å². The second-order valence-corrected chi connectivity index (χ2v) is 8.17. The summed E-state index contributed by atoms with van der Waals surface area (Å²) in [4.78, 5) is 0. The Bertz CT molecular complexity index is 999. The first kappa shape index (κ1) is 15.9. The summed E-state index contributed by atoms with van der Waals surface area (Å²) >= 11 is 0. The number of aryl methyl sites for hydroxylation is 2. The van der Waals surface area contributed by atoms with Gasteiger partial charge in [0.05, 0.1) is 5.56 Å². The summed E-state index contributed by atoms with van der Waals surface area (Å²) in [6.07, 6.45) is 9.65. The van der Waals surface area contributed by atoms with Crippen molar-refractivity contribution < 1.29 is 9.30 Å². The molecule has 1 aliphatic heterocycles. The predicted octanol–water partition coefficient (Wildman–Crippen LogP) is 5.28. The number of benzene rings is 2. The molecule has 0 amide bonds. The van der Waals surface area contributed by atoms with E-state index < -0.39 is 0 Å². The van der Waals surface area contributed by atoms with E-state index in [-0.39, 0.29) is 5.60 Å². The molecule has 1 aromatic heterocycles. The maximum atomic E-state index is 6.76. The van der Waals surface area contributed by atoms with Crippen molar-refractivity contribution in [3.8, 4) is 17.0 Å². The SMILES string of the molecule is Cc1ccc2c(c1-c1cc3ccccc3c[n+]1C)OC1(CCCCC1)C2. The van der Waals surface area contributed by atoms with Gasteiger partial charge in [0.2, 0.25) is 5.69 Å². The summed E-state index contributed by atoms with van der Waals surface area (Å²) < 4.78 is 9.01. The molecule has 0 saturated heterocycles. The Hall–Kier alpha value is -2.35. The maximum Gasteiger partial charge on any atom is 0.216 e. The van der Waals surface area contributed by atoms with Crippen molar-refractivity contribution in [2.75, 3.05) is 0 Å². The van der Waals surface area contributed by atoms with Gasteiger partial charge in [0.1, 0.15) is 18.4 Å². The predicted molar refractivity (Wildman–Crippen MR) is 105 cm³/mol. The van der Waals surface area contributed by atoms with Crippen LogP contribution in [0, 0.1) is 6.92 Å². The molecular weight excluding hydrogens is 318 g/mol. The van der Waals surface area contributed by atoms with Crippen LogP contribution in [-0.4, -0.2) is 5.60 Å². The first-order valence-corrected chi connectivity index (χ1v) is 9.86. The highest BCUT2D eigenvalue weighted by atomic mass is 16.5. The van der Waals surface area contributed by atoms with Gasteiger partial charge in [-0.15, -0.1) is 0 Å². The van der Waals surface area contributed by atoms with Gasteiger partial charge in [-0.1, -0.05) is 36.8 Å². The molecule has 26 heavy (non-hydrogen) atoms. The molecule has 2 aliphatic rings. The molecule has 1 spiro atoms. The fourth-order valence-electron chi connectivity index (χ4n) is 4.91. The number of rotatable bonds is 1. The Morgan fingerprint density at radius 2 is 1.73 bits per heavy atom. The number of hydrogen-bond donors (Lipinski definition) is 0. The summed E-state index contributed by atoms with van der Waals surface area (Å²) in [5, 5.41) is 2.55. The van der Waals surface area contributed by atoms with Gasteiger partial charge in [-0.3, -0.25) is 0 Å². The van der Waals surface area contributed by atoms with Gasteiger partial charge in [0.15, 0.2) is 6.20 Å². The summed E-state index contributed by atoms with van der Waals surface area (Å²) in [6, 6.07) is 15.5. The second kappa shape index (κ2) is 5.84. The van der Waals surface area contributed by atoms with Crippen LogP contribution in [0.15, 0.2) is 48.7 Å². The molecule has 2 nitrogen and oxygen atoms in total. The zero-order valence-electron chi connectivity index (χ0n) is 15.7. The van der Waals surface area contributed by atoms with Gasteiger partial charge < -0.3 is 4.74 Å². The molecule has 1 saturated carbocycles. The van der Waals surface area contributed by atoms with Gasteiger partial charge in [0, 0.05) is 17.9 Å². The molecule has 0 bridgehead atoms. The van der Waals surface area contributed by atoms with Crippen LogP contribution < -0.4 is 9.30 Å². The van der Waals surface area contributed by atoms with Crippen molar-refractivity contribution in [2.24, 2.45) is 7.05 Å². The molecule has 0 radical (unpaired) electrons. The number of pyridine rings is 1. The number of nitrogens with zero attached hydrogens (tertiary/aromatic N) is 1. The molecule has 2 aromatic carbocycles. The van der Waals surface area contributed by atoms with Crippen molar-refractivity contribution >= 4 is 10.8 Å². The first-order chi connectivity index (χ1) is 12.7. The van der Waals surface area contributed by atoms with Crippen LogP contribution in [0.2, 0.25) is 0 Å². The van der Waals surface area contributed by atoms with Crippen LogP contribution in [0.25, 0.3) is 22.0 Å². The molecule has 2 heterocycles. The number of fused-ring (bicyclic) bond motifs is 2. The van der Waals surface area contributed by atoms with E-state index in [0.29, 0.717) is 0 Å². The monoisotopic (exact) mass is 344 g/mol. The molecule has 1 fully saturated rings. The van der Waals surface area contributed by atoms with Crippen LogP contribution in [0.4, 0.5) is 0 Å². The van der Waals surface area contributed by atoms with E-state index >= 15 is 0 Å². The van der Waals surface area contributed by atoms with Gasteiger partial charge in [0.25, 0.3) is 0 Å². The van der Waals surface area contributed by atoms with Gasteiger partial charge >= 0.3 is 0 Å². The lowest BCUT2D eigenvalue weighted by atomic mass is 9.82. The number of aromatic nitrogens is 1. The fraction of sp³-hybridized carbons (Fsp3) is 0.375. The van der Waals surface area contributed by atoms with Crippen LogP contribution >= 0.6 is 0 Å². The summed E-state index contributed by atoms with van der Waals surface area (Å²) in [6.45, 7) is 2.21. The molecular formula is C24H26NO+. The Labute approximate surface area is 155 Å². The van der Waals surface area contributed by atoms with E-state index in [9.17, 15) is 0 Å². The van der Waals surface area contributed by atoms with E-state index in [0.717, 1.165) is 12.2 Å². The topological polar surface area (TPSA) is 13.1 Å². The molecule has 2 heteroatoms. The quantitative estimate of drug-likeness (QED) is 0.548. The zero-order chi connectivity index (χ0) is 17.7. The van der Waals surface area contributed by atoms with Crippen LogP contribution in [-0.2, 0) is 13.5 Å². The highest BCUT2D eigenvalue weighted by Gasteiger charge is 2.42. The minimum Gasteiger partial charge on any atom is -0.486 e. The third-order valence-corrected chi connectivity index (χ3v) is 6.30. The molecule has 1 aliphatic carbocycles. The van der Waals surface area contributed by atoms with Gasteiger partial charge in [-0.05, 0) is 55.2 Å². The van der Waals surface area contributed by atoms with Crippen LogP contribution in [0.5, 0.6) is 5.75 Å². The number of ether oxygens (including phenoxy) is 1. The first-order valence-electron chi connectivity index (χ1n) is 9.86. The van der Waals surface area contributed by atoms with Crippen molar-refractivity contribution in [1.82, 2.24) is 0 Å². The minimum absolute atomic E-state index is 0.0541. The average Bonchev–Trinajstić information content (AvgIpc) is 2.99. The van der Waals surface area contributed by atoms with Gasteiger partial charge in [-0.2, -0.15) is 0 Å². The second-order valence-electron chi connectivity index (χ2n) is 8.17. The van der Waals surface area contributed by atoms with E-state index in [4.69, 9.17) is 4.74 Å². The molecule has 0 unspecified atom stereocenters. The smallest absolute Gasteiger partial charge is 0.216 e. The van der Waals surface area contributed by atoms with Crippen molar-refractivity contribution in [3.63, 3.8) is 0 Å². The van der Waals surface area contributed by atoms with Gasteiger partial charge in [-0.25, -0.2) is 4.57 Å². The van der Waals surface area contributed by atoms with Crippen molar-refractivity contribution in [3.05, 3.63) is 59.8 Å². The Morgan fingerprint density at radius 1 is 0.962 bits per heavy atom. The van der Waals surface area contributed by atoms with E-state index in [2.05, 4.69) is 67.2 Å². The number of hydrogen-bond acceptors (Lipinski definition) is 1. The molecule has 5 rings (SSSR count). The summed E-state index contributed by atoms with van der Waals surface area (Å²) in [5.74, 6) is 1.14. The largest absolute Gasteiger partial charge is 0.486 e. The summed E-state index contributed by atoms with van der Waals surface area (Å²) in [5.41, 5.74) is 5.26. The molecule has 0 N–H and O–H groups in total. The van der Waals surface area contributed by atoms with Crippen molar-refractivity contribution in [1.29, 1.82) is 0 Å². The third kappa shape index (κ3) is 2.43. The lowest BCUT2D eigenvalue weighted by Crippen LogP contribution is -2.36. The van der Waals surface area contributed by atoms with E-state index in [1.54, 1.807) is 0 Å². The average molecular weight is 344 g/mol. The normalized spacial score (nSPS) is 18.1. The molecule has 132 valence electrons. The standard InChI is InChI=1S/C24H26NO/c1-17-10-11-19-15-24(12-6-3-7-13-24)26-23(19)22(17)21-14-18-8-4-5-9-20(18)16-25(21)2/h4-5,8-11,14,16H,3,6-7,12-13,15H2,1-2H3/q+1. The highest BCUT2D eigenvalue weighted by Crippen LogP contribution is 2.48. The lowest BCUT2D eigenvalue weighted by molar-refractivity contribution is -0.659. The summed E-state index contributed by atoms with van der Waals surface area (Å²) in [7, 11) is 2.14. The molecule has 3 aromatic rings. The van der Waals surface area contributed by atoms with E-state index in [1.165, 1.54) is 65.3 Å².